The maximum Gasteiger partial charge on any atom is 0.0858 e. The van der Waals surface area contributed by atoms with Gasteiger partial charge in [-0.25, -0.2) is 5.84 Å². The second-order valence-electron chi connectivity index (χ2n) is 3.07. The third kappa shape index (κ3) is 9.35. The van der Waals surface area contributed by atoms with Gasteiger partial charge in [-0.2, -0.15) is 0 Å². The summed E-state index contributed by atoms with van der Waals surface area (Å²) in [6, 6.07) is 0. The first-order chi connectivity index (χ1) is 6.67. The fraction of sp³-hybridized carbons (Fsp3) is 0.800. The van der Waals surface area contributed by atoms with Crippen LogP contribution in [-0.4, -0.2) is 23.3 Å². The maximum absolute atomic E-state index is 8.73. The molecule has 0 saturated carbocycles. The molecule has 0 amide bonds. The minimum Gasteiger partial charge on any atom is -0.403 e. The van der Waals surface area contributed by atoms with Gasteiger partial charge in [0.1, 0.15) is 0 Å². The number of hydrazine groups is 1. The molecule has 0 aromatic rings. The lowest BCUT2D eigenvalue weighted by Gasteiger charge is -2.19. The Morgan fingerprint density at radius 1 is 1.36 bits per heavy atom. The lowest BCUT2D eigenvalue weighted by Crippen LogP contribution is -2.33. The van der Waals surface area contributed by atoms with Crippen LogP contribution in [0.1, 0.15) is 40.0 Å². The Balaban J connectivity index is 0. The number of hydrogen-bond donors (Lipinski definition) is 3. The van der Waals surface area contributed by atoms with E-state index in [1.165, 1.54) is 17.6 Å². The second kappa shape index (κ2) is 12.3. The number of hydrogen-bond acceptors (Lipinski definition) is 4. The van der Waals surface area contributed by atoms with Gasteiger partial charge >= 0.3 is 0 Å². The van der Waals surface area contributed by atoms with Crippen molar-refractivity contribution in [2.45, 2.75) is 40.0 Å². The average Bonchev–Trinajstić information content (AvgIpc) is 2.18. The monoisotopic (exact) mass is 203 g/mol. The van der Waals surface area contributed by atoms with E-state index in [1.807, 2.05) is 0 Å². The quantitative estimate of drug-likeness (QED) is 0.463. The van der Waals surface area contributed by atoms with E-state index in [1.54, 1.807) is 0 Å². The van der Waals surface area contributed by atoms with Gasteiger partial charge in [0.15, 0.2) is 0 Å². The summed E-state index contributed by atoms with van der Waals surface area (Å²) in [5, 5.41) is 10.2. The van der Waals surface area contributed by atoms with E-state index in [4.69, 9.17) is 16.7 Å². The van der Waals surface area contributed by atoms with Gasteiger partial charge in [0.2, 0.25) is 0 Å². The Labute approximate surface area is 87.5 Å². The van der Waals surface area contributed by atoms with Gasteiger partial charge in [0.05, 0.1) is 12.3 Å². The second-order valence-corrected chi connectivity index (χ2v) is 3.07. The van der Waals surface area contributed by atoms with E-state index < -0.39 is 0 Å². The lowest BCUT2D eigenvalue weighted by atomic mass is 10.3. The van der Waals surface area contributed by atoms with Crippen LogP contribution in [0.3, 0.4) is 0 Å². The molecule has 0 aliphatic rings. The predicted molar refractivity (Wildman–Crippen MR) is 61.1 cm³/mol. The van der Waals surface area contributed by atoms with Gasteiger partial charge in [-0.05, 0) is 6.42 Å². The van der Waals surface area contributed by atoms with E-state index in [0.717, 1.165) is 19.4 Å². The highest BCUT2D eigenvalue weighted by atomic mass is 16.3. The zero-order valence-electron chi connectivity index (χ0n) is 9.66. The molecule has 0 spiro atoms. The van der Waals surface area contributed by atoms with Crippen LogP contribution >= 0.6 is 0 Å². The van der Waals surface area contributed by atoms with Gasteiger partial charge < -0.3 is 15.8 Å². The van der Waals surface area contributed by atoms with Crippen LogP contribution in [0.4, 0.5) is 0 Å². The Morgan fingerprint density at radius 3 is 2.14 bits per heavy atom. The van der Waals surface area contributed by atoms with Crippen LogP contribution in [0.15, 0.2) is 11.9 Å². The molecule has 0 aromatic heterocycles. The van der Waals surface area contributed by atoms with Crippen LogP contribution in [0.5, 0.6) is 0 Å². The fourth-order valence-corrected chi connectivity index (χ4v) is 0.711. The van der Waals surface area contributed by atoms with Crippen molar-refractivity contribution in [3.05, 3.63) is 11.9 Å². The van der Waals surface area contributed by atoms with Crippen molar-refractivity contribution in [3.8, 4) is 0 Å². The van der Waals surface area contributed by atoms with Crippen molar-refractivity contribution in [1.82, 2.24) is 5.01 Å². The van der Waals surface area contributed by atoms with Crippen molar-refractivity contribution in [1.29, 1.82) is 0 Å². The summed E-state index contributed by atoms with van der Waals surface area (Å²) in [6.45, 7) is 6.97. The molecule has 0 unspecified atom stereocenters. The standard InChI is InChI=1S/C7H17N3O.C3H8/c1-2-3-4-10(9)7(5-8)6-11;1-3-2/h5,11H,2-4,6,8-9H2,1H3;3H2,1-2H3/b7-5-;. The normalized spacial score (nSPS) is 10.5. The van der Waals surface area contributed by atoms with Gasteiger partial charge in [0.25, 0.3) is 0 Å². The smallest absolute Gasteiger partial charge is 0.0858 e. The fourth-order valence-electron chi connectivity index (χ4n) is 0.711. The van der Waals surface area contributed by atoms with Crippen molar-refractivity contribution in [3.63, 3.8) is 0 Å². The van der Waals surface area contributed by atoms with E-state index in [9.17, 15) is 0 Å². The third-order valence-corrected chi connectivity index (χ3v) is 1.48. The first-order valence-electron chi connectivity index (χ1n) is 5.21. The van der Waals surface area contributed by atoms with Crippen LogP contribution in [-0.2, 0) is 0 Å². The molecular weight excluding hydrogens is 178 g/mol. The molecule has 0 aliphatic carbocycles. The summed E-state index contributed by atoms with van der Waals surface area (Å²) in [7, 11) is 0. The Kier molecular flexibility index (Phi) is 13.8. The Morgan fingerprint density at radius 2 is 1.86 bits per heavy atom. The van der Waals surface area contributed by atoms with Gasteiger partial charge in [-0.3, -0.25) is 0 Å². The summed E-state index contributed by atoms with van der Waals surface area (Å²) in [6.07, 6.45) is 4.67. The molecule has 0 rings (SSSR count). The Hall–Kier alpha value is -0.740. The molecule has 4 heteroatoms. The van der Waals surface area contributed by atoms with Gasteiger partial charge in [-0.1, -0.05) is 33.6 Å². The molecule has 0 radical (unpaired) electrons. The summed E-state index contributed by atoms with van der Waals surface area (Å²) < 4.78 is 0. The number of unbranched alkanes of at least 4 members (excludes halogenated alkanes) is 1. The van der Waals surface area contributed by atoms with Crippen LogP contribution in [0, 0.1) is 0 Å². The zero-order valence-corrected chi connectivity index (χ0v) is 9.66. The van der Waals surface area contributed by atoms with Crippen LogP contribution in [0.2, 0.25) is 0 Å². The largest absolute Gasteiger partial charge is 0.403 e. The van der Waals surface area contributed by atoms with Crippen molar-refractivity contribution in [2.75, 3.05) is 13.2 Å². The molecule has 0 aliphatic heterocycles. The zero-order chi connectivity index (χ0) is 11.4. The summed E-state index contributed by atoms with van der Waals surface area (Å²) >= 11 is 0. The molecular formula is C10H25N3O. The first-order valence-corrected chi connectivity index (χ1v) is 5.21. The summed E-state index contributed by atoms with van der Waals surface area (Å²) in [4.78, 5) is 0. The molecule has 0 atom stereocenters. The molecule has 0 saturated heterocycles. The Bertz CT molecular complexity index is 137. The minimum absolute atomic E-state index is 0.100. The highest BCUT2D eigenvalue weighted by molar-refractivity contribution is 4.96. The molecule has 0 bridgehead atoms. The van der Waals surface area contributed by atoms with E-state index in [-0.39, 0.29) is 6.61 Å². The number of nitrogens with two attached hydrogens (primary N) is 2. The molecule has 0 heterocycles. The molecule has 5 N–H and O–H groups in total. The topological polar surface area (TPSA) is 75.5 Å². The van der Waals surface area contributed by atoms with E-state index in [0.29, 0.717) is 5.70 Å². The van der Waals surface area contributed by atoms with Crippen molar-refractivity contribution >= 4 is 0 Å². The predicted octanol–water partition coefficient (Wildman–Crippen LogP) is 1.17. The molecule has 14 heavy (non-hydrogen) atoms. The number of rotatable bonds is 5. The third-order valence-electron chi connectivity index (χ3n) is 1.48. The summed E-state index contributed by atoms with van der Waals surface area (Å²) in [5.74, 6) is 5.55. The van der Waals surface area contributed by atoms with Crippen LogP contribution in [0.25, 0.3) is 0 Å². The number of nitrogens with zero attached hydrogens (tertiary/aromatic N) is 1. The number of aliphatic hydroxyl groups excluding tert-OH is 1. The average molecular weight is 203 g/mol. The molecule has 86 valence electrons. The lowest BCUT2D eigenvalue weighted by molar-refractivity contribution is 0.252. The first kappa shape index (κ1) is 15.7. The highest BCUT2D eigenvalue weighted by Crippen LogP contribution is 1.97. The molecule has 4 nitrogen and oxygen atoms in total. The summed E-state index contributed by atoms with van der Waals surface area (Å²) in [5.41, 5.74) is 5.78. The molecule has 0 aromatic carbocycles. The van der Waals surface area contributed by atoms with Crippen molar-refractivity contribution in [2.24, 2.45) is 11.6 Å². The van der Waals surface area contributed by atoms with Crippen molar-refractivity contribution < 1.29 is 5.11 Å². The van der Waals surface area contributed by atoms with E-state index >= 15 is 0 Å². The number of aliphatic hydroxyl groups is 1. The molecule has 0 fully saturated rings. The van der Waals surface area contributed by atoms with Crippen LogP contribution < -0.4 is 11.6 Å². The SMILES string of the molecule is CCC.CCCCN(N)/C(=C\N)CO. The maximum atomic E-state index is 8.73. The minimum atomic E-state index is -0.100. The van der Waals surface area contributed by atoms with E-state index in [2.05, 4.69) is 20.8 Å². The van der Waals surface area contributed by atoms with Gasteiger partial charge in [0, 0.05) is 12.7 Å². The van der Waals surface area contributed by atoms with Gasteiger partial charge in [-0.15, -0.1) is 0 Å². The highest BCUT2D eigenvalue weighted by Gasteiger charge is 2.00.